The maximum atomic E-state index is 13.1. The van der Waals surface area contributed by atoms with Crippen molar-refractivity contribution < 1.29 is 9.18 Å². The molecule has 0 saturated carbocycles. The molecule has 4 N–H and O–H groups in total. The third kappa shape index (κ3) is 7.34. The normalized spacial score (nSPS) is 14.6. The number of nitrogens with one attached hydrogen (secondary N) is 2. The van der Waals surface area contributed by atoms with E-state index < -0.39 is 0 Å². The Morgan fingerprint density at radius 2 is 1.94 bits per heavy atom. The number of aromatic nitrogens is 1. The van der Waals surface area contributed by atoms with Crippen LogP contribution >= 0.6 is 24.0 Å². The standard InChI is InChI=1S/C22H29FN6O.HI/c1-2-25-22(27-14-16-5-7-19(23)8-6-16)28-15-18-4-3-11-26-21(18)29-12-9-17(10-13-29)20(24)30;/h3-8,11,17H,2,9-10,12-15H2,1H3,(H2,24,30)(H2,25,27,28);1H. The number of aliphatic imine (C=N–C) groups is 1. The van der Waals surface area contributed by atoms with Crippen LogP contribution in [0.1, 0.15) is 30.9 Å². The summed E-state index contributed by atoms with van der Waals surface area (Å²) in [7, 11) is 0. The van der Waals surface area contributed by atoms with E-state index in [1.807, 2.05) is 19.1 Å². The number of amides is 1. The second-order valence-corrected chi connectivity index (χ2v) is 7.33. The molecule has 1 aromatic heterocycles. The van der Waals surface area contributed by atoms with Crippen molar-refractivity contribution in [3.05, 3.63) is 59.5 Å². The number of rotatable bonds is 7. The number of pyridine rings is 1. The van der Waals surface area contributed by atoms with Gasteiger partial charge in [-0.2, -0.15) is 0 Å². The van der Waals surface area contributed by atoms with E-state index >= 15 is 0 Å². The number of guanidine groups is 1. The van der Waals surface area contributed by atoms with Gasteiger partial charge in [-0.1, -0.05) is 18.2 Å². The van der Waals surface area contributed by atoms with Gasteiger partial charge in [0.25, 0.3) is 0 Å². The smallest absolute Gasteiger partial charge is 0.220 e. The van der Waals surface area contributed by atoms with E-state index in [-0.39, 0.29) is 41.6 Å². The number of benzene rings is 1. The number of nitrogens with zero attached hydrogens (tertiary/aromatic N) is 3. The van der Waals surface area contributed by atoms with Gasteiger partial charge in [0.1, 0.15) is 11.6 Å². The van der Waals surface area contributed by atoms with Crippen LogP contribution in [-0.2, 0) is 17.9 Å². The summed E-state index contributed by atoms with van der Waals surface area (Å²) in [6.45, 7) is 5.28. The van der Waals surface area contributed by atoms with E-state index in [1.165, 1.54) is 12.1 Å². The molecule has 31 heavy (non-hydrogen) atoms. The van der Waals surface area contributed by atoms with Crippen LogP contribution in [0.2, 0.25) is 0 Å². The molecule has 1 saturated heterocycles. The Morgan fingerprint density at radius 1 is 1.23 bits per heavy atom. The molecule has 0 atom stereocenters. The van der Waals surface area contributed by atoms with Crippen molar-refractivity contribution in [2.75, 3.05) is 24.5 Å². The molecule has 0 spiro atoms. The maximum Gasteiger partial charge on any atom is 0.220 e. The molecule has 0 aliphatic carbocycles. The number of hydrogen-bond donors (Lipinski definition) is 3. The molecule has 0 unspecified atom stereocenters. The van der Waals surface area contributed by atoms with Crippen molar-refractivity contribution in [3.8, 4) is 0 Å². The first-order chi connectivity index (χ1) is 14.6. The van der Waals surface area contributed by atoms with Gasteiger partial charge in [-0.15, -0.1) is 24.0 Å². The highest BCUT2D eigenvalue weighted by molar-refractivity contribution is 14.0. The van der Waals surface area contributed by atoms with E-state index in [2.05, 4.69) is 25.5 Å². The molecule has 0 radical (unpaired) electrons. The minimum absolute atomic E-state index is 0. The number of carbonyl (C=O) groups excluding carboxylic acids is 1. The second kappa shape index (κ2) is 12.4. The number of anilines is 1. The maximum absolute atomic E-state index is 13.1. The summed E-state index contributed by atoms with van der Waals surface area (Å²) in [6, 6.07) is 10.3. The monoisotopic (exact) mass is 540 g/mol. The van der Waals surface area contributed by atoms with Crippen LogP contribution in [0.15, 0.2) is 47.6 Å². The number of primary amides is 1. The molecule has 9 heteroatoms. The lowest BCUT2D eigenvalue weighted by Gasteiger charge is -2.32. The number of piperidine rings is 1. The van der Waals surface area contributed by atoms with Crippen molar-refractivity contribution in [3.63, 3.8) is 0 Å². The zero-order valence-corrected chi connectivity index (χ0v) is 20.0. The predicted molar refractivity (Wildman–Crippen MR) is 132 cm³/mol. The summed E-state index contributed by atoms with van der Waals surface area (Å²) >= 11 is 0. The Hall–Kier alpha value is -2.43. The third-order valence-electron chi connectivity index (χ3n) is 5.19. The van der Waals surface area contributed by atoms with Gasteiger partial charge in [-0.3, -0.25) is 4.79 Å². The number of halogens is 2. The van der Waals surface area contributed by atoms with Crippen molar-refractivity contribution in [2.45, 2.75) is 32.9 Å². The van der Waals surface area contributed by atoms with Crippen LogP contribution in [0.4, 0.5) is 10.2 Å². The Balaban J connectivity index is 0.00000341. The van der Waals surface area contributed by atoms with Crippen molar-refractivity contribution in [1.82, 2.24) is 15.6 Å². The molecule has 0 bridgehead atoms. The lowest BCUT2D eigenvalue weighted by molar-refractivity contribution is -0.122. The minimum atomic E-state index is -0.253. The first-order valence-electron chi connectivity index (χ1n) is 10.3. The van der Waals surface area contributed by atoms with Gasteiger partial charge in [-0.25, -0.2) is 14.4 Å². The van der Waals surface area contributed by atoms with Crippen LogP contribution < -0.4 is 21.3 Å². The van der Waals surface area contributed by atoms with Gasteiger partial charge in [0.15, 0.2) is 5.96 Å². The molecule has 2 heterocycles. The van der Waals surface area contributed by atoms with Crippen molar-refractivity contribution >= 4 is 41.7 Å². The first kappa shape index (κ1) is 24.8. The summed E-state index contributed by atoms with van der Waals surface area (Å²) in [4.78, 5) is 22.8. The average Bonchev–Trinajstić information content (AvgIpc) is 2.77. The summed E-state index contributed by atoms with van der Waals surface area (Å²) in [5, 5.41) is 6.58. The summed E-state index contributed by atoms with van der Waals surface area (Å²) in [5.74, 6) is 1.08. The molecule has 1 fully saturated rings. The molecule has 3 rings (SSSR count). The number of carbonyl (C=O) groups is 1. The van der Waals surface area contributed by atoms with Gasteiger partial charge in [-0.05, 0) is 43.5 Å². The molecule has 168 valence electrons. The third-order valence-corrected chi connectivity index (χ3v) is 5.19. The molecule has 2 aromatic rings. The fourth-order valence-electron chi connectivity index (χ4n) is 3.51. The van der Waals surface area contributed by atoms with Crippen molar-refractivity contribution in [2.24, 2.45) is 16.6 Å². The van der Waals surface area contributed by atoms with Crippen LogP contribution in [0, 0.1) is 11.7 Å². The Morgan fingerprint density at radius 3 is 2.58 bits per heavy atom. The van der Waals surface area contributed by atoms with Gasteiger partial charge in [0, 0.05) is 43.9 Å². The van der Waals surface area contributed by atoms with Crippen LogP contribution in [0.3, 0.4) is 0 Å². The Labute approximate surface area is 199 Å². The summed E-state index contributed by atoms with van der Waals surface area (Å²) in [6.07, 6.45) is 3.29. The Bertz CT molecular complexity index is 869. The van der Waals surface area contributed by atoms with Gasteiger partial charge < -0.3 is 21.3 Å². The van der Waals surface area contributed by atoms with Crippen molar-refractivity contribution in [1.29, 1.82) is 0 Å². The zero-order valence-electron chi connectivity index (χ0n) is 17.7. The quantitative estimate of drug-likeness (QED) is 0.285. The summed E-state index contributed by atoms with van der Waals surface area (Å²) in [5.41, 5.74) is 7.44. The minimum Gasteiger partial charge on any atom is -0.369 e. The lowest BCUT2D eigenvalue weighted by Crippen LogP contribution is -2.40. The number of hydrogen-bond acceptors (Lipinski definition) is 4. The molecular weight excluding hydrogens is 510 g/mol. The molecule has 1 amide bonds. The molecule has 1 aliphatic rings. The lowest BCUT2D eigenvalue weighted by atomic mass is 9.96. The second-order valence-electron chi connectivity index (χ2n) is 7.33. The predicted octanol–water partition coefficient (Wildman–Crippen LogP) is 2.80. The van der Waals surface area contributed by atoms with E-state index in [0.717, 1.165) is 49.4 Å². The zero-order chi connectivity index (χ0) is 21.3. The van der Waals surface area contributed by atoms with Crippen LogP contribution in [0.5, 0.6) is 0 Å². The van der Waals surface area contributed by atoms with Gasteiger partial charge in [0.05, 0.1) is 6.54 Å². The molecular formula is C22H30FIN6O. The topological polar surface area (TPSA) is 95.6 Å². The SMILES string of the molecule is CCNC(=NCc1ccc(F)cc1)NCc1cccnc1N1CCC(C(N)=O)CC1.I. The molecule has 1 aromatic carbocycles. The van der Waals surface area contributed by atoms with E-state index in [1.54, 1.807) is 18.3 Å². The summed E-state index contributed by atoms with van der Waals surface area (Å²) < 4.78 is 13.1. The highest BCUT2D eigenvalue weighted by Gasteiger charge is 2.24. The molecule has 7 nitrogen and oxygen atoms in total. The largest absolute Gasteiger partial charge is 0.369 e. The van der Waals surface area contributed by atoms with Gasteiger partial charge >= 0.3 is 0 Å². The Kier molecular flexibility index (Phi) is 9.96. The average molecular weight is 540 g/mol. The highest BCUT2D eigenvalue weighted by atomic mass is 127. The highest BCUT2D eigenvalue weighted by Crippen LogP contribution is 2.24. The van der Waals surface area contributed by atoms with Crippen LogP contribution in [-0.4, -0.2) is 36.5 Å². The fraction of sp³-hybridized carbons (Fsp3) is 0.409. The first-order valence-corrected chi connectivity index (χ1v) is 10.3. The van der Waals surface area contributed by atoms with Gasteiger partial charge in [0.2, 0.25) is 5.91 Å². The van der Waals surface area contributed by atoms with Crippen LogP contribution in [0.25, 0.3) is 0 Å². The van der Waals surface area contributed by atoms with E-state index in [0.29, 0.717) is 19.0 Å². The van der Waals surface area contributed by atoms with E-state index in [9.17, 15) is 9.18 Å². The number of nitrogens with two attached hydrogens (primary N) is 1. The van der Waals surface area contributed by atoms with E-state index in [4.69, 9.17) is 5.73 Å². The molecule has 1 aliphatic heterocycles. The fourth-order valence-corrected chi connectivity index (χ4v) is 3.51.